The van der Waals surface area contributed by atoms with E-state index in [2.05, 4.69) is 21.1 Å². The number of hydrogen-bond donors (Lipinski definition) is 0. The second-order valence-electron chi connectivity index (χ2n) is 3.90. The zero-order valence-electron chi connectivity index (χ0n) is 10.3. The molecule has 3 nitrogen and oxygen atoms in total. The van der Waals surface area contributed by atoms with Crippen LogP contribution in [0.5, 0.6) is 0 Å². The van der Waals surface area contributed by atoms with E-state index in [1.807, 2.05) is 54.6 Å². The van der Waals surface area contributed by atoms with Gasteiger partial charge in [0.1, 0.15) is 5.71 Å². The number of benzene rings is 2. The molecule has 96 valence electrons. The van der Waals surface area contributed by atoms with E-state index in [1.54, 1.807) is 0 Å². The van der Waals surface area contributed by atoms with E-state index < -0.39 is 5.97 Å². The van der Waals surface area contributed by atoms with Crippen LogP contribution < -0.4 is 0 Å². The van der Waals surface area contributed by atoms with Crippen molar-refractivity contribution >= 4 is 27.6 Å². The van der Waals surface area contributed by atoms with Gasteiger partial charge in [-0.2, -0.15) is 0 Å². The summed E-state index contributed by atoms with van der Waals surface area (Å²) >= 11 is 3.39. The van der Waals surface area contributed by atoms with Crippen LogP contribution in [0.15, 0.2) is 64.2 Å². The van der Waals surface area contributed by atoms with Gasteiger partial charge < -0.3 is 4.84 Å². The summed E-state index contributed by atoms with van der Waals surface area (Å²) in [6.45, 7) is 1.33. The van der Waals surface area contributed by atoms with Crippen LogP contribution in [0.1, 0.15) is 18.1 Å². The molecule has 0 N–H and O–H groups in total. The molecule has 0 aromatic heterocycles. The van der Waals surface area contributed by atoms with Crippen LogP contribution in [0.4, 0.5) is 0 Å². The van der Waals surface area contributed by atoms with E-state index in [1.165, 1.54) is 6.92 Å². The molecule has 0 aliphatic heterocycles. The van der Waals surface area contributed by atoms with Crippen molar-refractivity contribution in [1.29, 1.82) is 0 Å². The lowest BCUT2D eigenvalue weighted by Gasteiger charge is -2.06. The number of halogens is 1. The van der Waals surface area contributed by atoms with Crippen LogP contribution in [0.3, 0.4) is 0 Å². The standard InChI is InChI=1S/C15H12BrNO2/c1-11(18)19-17-15(12-5-3-2-4-6-12)13-7-9-14(16)10-8-13/h2-10H,1H3/b17-15+. The van der Waals surface area contributed by atoms with Crippen LogP contribution in [-0.4, -0.2) is 11.7 Å². The molecule has 2 rings (SSSR count). The maximum Gasteiger partial charge on any atom is 0.332 e. The minimum Gasteiger partial charge on any atom is -0.318 e. The first-order valence-electron chi connectivity index (χ1n) is 5.74. The molecule has 0 aliphatic rings. The summed E-state index contributed by atoms with van der Waals surface area (Å²) in [5.74, 6) is -0.439. The average Bonchev–Trinajstić information content (AvgIpc) is 2.42. The van der Waals surface area contributed by atoms with Crippen molar-refractivity contribution in [2.75, 3.05) is 0 Å². The quantitative estimate of drug-likeness (QED) is 0.491. The fraction of sp³-hybridized carbons (Fsp3) is 0.0667. The van der Waals surface area contributed by atoms with E-state index in [0.717, 1.165) is 15.6 Å². The highest BCUT2D eigenvalue weighted by atomic mass is 79.9. The summed E-state index contributed by atoms with van der Waals surface area (Å²) in [5.41, 5.74) is 2.41. The minimum atomic E-state index is -0.439. The van der Waals surface area contributed by atoms with Gasteiger partial charge in [-0.1, -0.05) is 63.6 Å². The van der Waals surface area contributed by atoms with Crippen LogP contribution >= 0.6 is 15.9 Å². The number of rotatable bonds is 3. The fourth-order valence-corrected chi connectivity index (χ4v) is 1.85. The molecular formula is C15H12BrNO2. The molecule has 0 fully saturated rings. The van der Waals surface area contributed by atoms with Crippen molar-refractivity contribution in [1.82, 2.24) is 0 Å². The number of carbonyl (C=O) groups excluding carboxylic acids is 1. The van der Waals surface area contributed by atoms with Crippen LogP contribution in [0.2, 0.25) is 0 Å². The smallest absolute Gasteiger partial charge is 0.318 e. The topological polar surface area (TPSA) is 38.7 Å². The average molecular weight is 318 g/mol. The van der Waals surface area contributed by atoms with E-state index in [4.69, 9.17) is 4.84 Å². The van der Waals surface area contributed by atoms with Crippen molar-refractivity contribution in [2.24, 2.45) is 5.16 Å². The second kappa shape index (κ2) is 6.29. The van der Waals surface area contributed by atoms with Crippen LogP contribution in [0.25, 0.3) is 0 Å². The van der Waals surface area contributed by atoms with Gasteiger partial charge in [-0.25, -0.2) is 4.79 Å². The summed E-state index contributed by atoms with van der Waals surface area (Å²) in [6.07, 6.45) is 0. The highest BCUT2D eigenvalue weighted by Crippen LogP contribution is 2.15. The molecule has 0 bridgehead atoms. The Morgan fingerprint density at radius 3 is 2.16 bits per heavy atom. The maximum absolute atomic E-state index is 10.9. The van der Waals surface area contributed by atoms with Gasteiger partial charge in [0, 0.05) is 22.5 Å². The van der Waals surface area contributed by atoms with E-state index >= 15 is 0 Å². The molecule has 0 saturated heterocycles. The lowest BCUT2D eigenvalue weighted by atomic mass is 10.0. The first kappa shape index (κ1) is 13.5. The van der Waals surface area contributed by atoms with Crippen LogP contribution in [-0.2, 0) is 9.63 Å². The monoisotopic (exact) mass is 317 g/mol. The third kappa shape index (κ3) is 3.76. The summed E-state index contributed by atoms with van der Waals surface area (Å²) in [7, 11) is 0. The molecule has 0 aliphatic carbocycles. The molecule has 0 amide bonds. The second-order valence-corrected chi connectivity index (χ2v) is 4.81. The van der Waals surface area contributed by atoms with Gasteiger partial charge in [0.05, 0.1) is 0 Å². The summed E-state index contributed by atoms with van der Waals surface area (Å²) < 4.78 is 0.983. The molecule has 0 spiro atoms. The van der Waals surface area contributed by atoms with Crippen molar-refractivity contribution < 1.29 is 9.63 Å². The SMILES string of the molecule is CC(=O)O/N=C(\c1ccccc1)c1ccc(Br)cc1. The van der Waals surface area contributed by atoms with Crippen molar-refractivity contribution in [3.63, 3.8) is 0 Å². The first-order chi connectivity index (χ1) is 9.16. The van der Waals surface area contributed by atoms with Gasteiger partial charge in [-0.15, -0.1) is 0 Å². The first-order valence-corrected chi connectivity index (χ1v) is 6.53. The Balaban J connectivity index is 2.43. The number of carbonyl (C=O) groups is 1. The molecule has 0 radical (unpaired) electrons. The molecule has 4 heteroatoms. The summed E-state index contributed by atoms with van der Waals surface area (Å²) in [5, 5.41) is 3.95. The highest BCUT2D eigenvalue weighted by Gasteiger charge is 2.08. The Morgan fingerprint density at radius 1 is 1.00 bits per heavy atom. The van der Waals surface area contributed by atoms with Gasteiger partial charge in [0.2, 0.25) is 0 Å². The van der Waals surface area contributed by atoms with E-state index in [-0.39, 0.29) is 0 Å². The van der Waals surface area contributed by atoms with Gasteiger partial charge in [-0.3, -0.25) is 0 Å². The molecular weight excluding hydrogens is 306 g/mol. The minimum absolute atomic E-state index is 0.439. The lowest BCUT2D eigenvalue weighted by Crippen LogP contribution is -2.05. The molecule has 2 aromatic rings. The van der Waals surface area contributed by atoms with Crippen LogP contribution in [0, 0.1) is 0 Å². The molecule has 19 heavy (non-hydrogen) atoms. The zero-order chi connectivity index (χ0) is 13.7. The molecule has 0 unspecified atom stereocenters. The Kier molecular flexibility index (Phi) is 4.47. The normalized spacial score (nSPS) is 11.2. The van der Waals surface area contributed by atoms with Gasteiger partial charge in [-0.05, 0) is 12.1 Å². The molecule has 0 heterocycles. The van der Waals surface area contributed by atoms with Gasteiger partial charge in [0.25, 0.3) is 0 Å². The van der Waals surface area contributed by atoms with Crippen molar-refractivity contribution in [2.45, 2.75) is 6.92 Å². The predicted octanol–water partition coefficient (Wildman–Crippen LogP) is 3.76. The number of nitrogens with zero attached hydrogens (tertiary/aromatic N) is 1. The molecule has 2 aromatic carbocycles. The predicted molar refractivity (Wildman–Crippen MR) is 78.0 cm³/mol. The van der Waals surface area contributed by atoms with Gasteiger partial charge >= 0.3 is 5.97 Å². The highest BCUT2D eigenvalue weighted by molar-refractivity contribution is 9.10. The number of oxime groups is 1. The largest absolute Gasteiger partial charge is 0.332 e. The molecule has 0 atom stereocenters. The van der Waals surface area contributed by atoms with Crippen molar-refractivity contribution in [3.05, 3.63) is 70.2 Å². The third-order valence-corrected chi connectivity index (χ3v) is 2.96. The maximum atomic E-state index is 10.9. The van der Waals surface area contributed by atoms with Gasteiger partial charge in [0.15, 0.2) is 0 Å². The Morgan fingerprint density at radius 2 is 1.58 bits per heavy atom. The fourth-order valence-electron chi connectivity index (χ4n) is 1.59. The van der Waals surface area contributed by atoms with E-state index in [9.17, 15) is 4.79 Å². The third-order valence-electron chi connectivity index (χ3n) is 2.43. The number of hydrogen-bond acceptors (Lipinski definition) is 3. The lowest BCUT2D eigenvalue weighted by molar-refractivity contribution is -0.140. The van der Waals surface area contributed by atoms with Crippen molar-refractivity contribution in [3.8, 4) is 0 Å². The Hall–Kier alpha value is -1.94. The Labute approximate surface area is 120 Å². The molecule has 0 saturated carbocycles. The Bertz CT molecular complexity index is 591. The summed E-state index contributed by atoms with van der Waals surface area (Å²) in [4.78, 5) is 15.7. The van der Waals surface area contributed by atoms with E-state index in [0.29, 0.717) is 5.71 Å². The zero-order valence-corrected chi connectivity index (χ0v) is 11.9. The summed E-state index contributed by atoms with van der Waals surface area (Å²) in [6, 6.07) is 17.3.